The minimum atomic E-state index is -0.241. The summed E-state index contributed by atoms with van der Waals surface area (Å²) in [4.78, 5) is 18.5. The number of likely N-dealkylation sites (N-methyl/N-ethyl adjacent to an activating group) is 1. The van der Waals surface area contributed by atoms with E-state index in [-0.39, 0.29) is 12.1 Å². The van der Waals surface area contributed by atoms with Gasteiger partial charge in [0.05, 0.1) is 12.7 Å². The summed E-state index contributed by atoms with van der Waals surface area (Å²) in [6, 6.07) is 10.7. The molecule has 1 N–H and O–H groups in total. The van der Waals surface area contributed by atoms with Crippen LogP contribution in [0.2, 0.25) is 0 Å². The highest BCUT2D eigenvalue weighted by Crippen LogP contribution is 2.22. The number of ether oxygens (including phenoxy) is 1. The van der Waals surface area contributed by atoms with Crippen molar-refractivity contribution in [2.45, 2.75) is 26.3 Å². The van der Waals surface area contributed by atoms with Crippen LogP contribution in [0, 0.1) is 18.3 Å². The van der Waals surface area contributed by atoms with E-state index >= 15 is 0 Å². The van der Waals surface area contributed by atoms with Crippen LogP contribution in [-0.4, -0.2) is 36.1 Å². The van der Waals surface area contributed by atoms with E-state index in [9.17, 15) is 4.79 Å². The van der Waals surface area contributed by atoms with Gasteiger partial charge >= 0.3 is 6.03 Å². The fourth-order valence-electron chi connectivity index (χ4n) is 2.43. The minimum absolute atomic E-state index is 0.0257. The number of methoxy groups -OCH3 is 1. The predicted octanol–water partition coefficient (Wildman–Crippen LogP) is 3.37. The standard InChI is InChI=1S/C19H22N4O2/c1-13-6-5-9-21-17(13)10-14(2)23(3)19(24)22-16-7-8-18(25-4)15(11-16)12-20/h5-9,11,14H,10H2,1-4H3,(H,22,24)/t14-/m1/s1. The van der Waals surface area contributed by atoms with E-state index in [4.69, 9.17) is 10.00 Å². The summed E-state index contributed by atoms with van der Waals surface area (Å²) in [5, 5.41) is 11.9. The predicted molar refractivity (Wildman–Crippen MR) is 96.6 cm³/mol. The van der Waals surface area contributed by atoms with Crippen molar-refractivity contribution in [3.8, 4) is 11.8 Å². The second-order valence-electron chi connectivity index (χ2n) is 5.89. The molecule has 2 aromatic rings. The van der Waals surface area contributed by atoms with Gasteiger partial charge in [-0.1, -0.05) is 6.07 Å². The molecule has 0 radical (unpaired) electrons. The van der Waals surface area contributed by atoms with Crippen molar-refractivity contribution < 1.29 is 9.53 Å². The highest BCUT2D eigenvalue weighted by Gasteiger charge is 2.18. The number of hydrogen-bond acceptors (Lipinski definition) is 4. The van der Waals surface area contributed by atoms with E-state index in [0.29, 0.717) is 23.4 Å². The van der Waals surface area contributed by atoms with Crippen molar-refractivity contribution in [1.29, 1.82) is 5.26 Å². The van der Waals surface area contributed by atoms with Crippen molar-refractivity contribution in [1.82, 2.24) is 9.88 Å². The van der Waals surface area contributed by atoms with Gasteiger partial charge in [-0.3, -0.25) is 4.98 Å². The maximum absolute atomic E-state index is 12.5. The Bertz CT molecular complexity index is 798. The number of rotatable bonds is 5. The molecule has 2 amide bonds. The fourth-order valence-corrected chi connectivity index (χ4v) is 2.43. The molecular formula is C19H22N4O2. The van der Waals surface area contributed by atoms with Gasteiger partial charge in [-0.2, -0.15) is 5.26 Å². The van der Waals surface area contributed by atoms with Crippen LogP contribution in [-0.2, 0) is 6.42 Å². The molecule has 0 fully saturated rings. The van der Waals surface area contributed by atoms with Crippen LogP contribution in [0.3, 0.4) is 0 Å². The van der Waals surface area contributed by atoms with Gasteiger partial charge in [-0.25, -0.2) is 4.79 Å². The highest BCUT2D eigenvalue weighted by molar-refractivity contribution is 5.89. The number of hydrogen-bond donors (Lipinski definition) is 1. The Morgan fingerprint density at radius 2 is 2.20 bits per heavy atom. The van der Waals surface area contributed by atoms with Crippen LogP contribution in [0.1, 0.15) is 23.7 Å². The molecule has 0 unspecified atom stereocenters. The first kappa shape index (κ1) is 18.3. The summed E-state index contributed by atoms with van der Waals surface area (Å²) < 4.78 is 5.11. The van der Waals surface area contributed by atoms with Gasteiger partial charge in [0.25, 0.3) is 0 Å². The molecule has 0 spiro atoms. The Kier molecular flexibility index (Phi) is 5.96. The van der Waals surface area contributed by atoms with Crippen LogP contribution >= 0.6 is 0 Å². The van der Waals surface area contributed by atoms with E-state index in [0.717, 1.165) is 11.3 Å². The molecular weight excluding hydrogens is 316 g/mol. The first-order valence-electron chi connectivity index (χ1n) is 7.98. The maximum Gasteiger partial charge on any atom is 0.321 e. The summed E-state index contributed by atoms with van der Waals surface area (Å²) in [5.74, 6) is 0.479. The normalized spacial score (nSPS) is 11.3. The van der Waals surface area contributed by atoms with Crippen LogP contribution in [0.5, 0.6) is 5.75 Å². The Morgan fingerprint density at radius 3 is 2.84 bits per heavy atom. The zero-order valence-corrected chi connectivity index (χ0v) is 14.9. The van der Waals surface area contributed by atoms with E-state index in [2.05, 4.69) is 16.4 Å². The van der Waals surface area contributed by atoms with Gasteiger partial charge in [0, 0.05) is 37.1 Å². The van der Waals surface area contributed by atoms with E-state index in [1.807, 2.05) is 26.0 Å². The van der Waals surface area contributed by atoms with Gasteiger partial charge in [-0.05, 0) is 43.7 Å². The molecule has 25 heavy (non-hydrogen) atoms. The Balaban J connectivity index is 2.05. The summed E-state index contributed by atoms with van der Waals surface area (Å²) in [6.07, 6.45) is 2.43. The average Bonchev–Trinajstić information content (AvgIpc) is 2.62. The van der Waals surface area contributed by atoms with E-state index in [1.165, 1.54) is 7.11 Å². The molecule has 1 aromatic heterocycles. The van der Waals surface area contributed by atoms with Crippen molar-refractivity contribution in [2.24, 2.45) is 0 Å². The number of pyridine rings is 1. The lowest BCUT2D eigenvalue weighted by atomic mass is 10.1. The monoisotopic (exact) mass is 338 g/mol. The van der Waals surface area contributed by atoms with Crippen LogP contribution < -0.4 is 10.1 Å². The molecule has 0 aliphatic rings. The molecule has 2 rings (SSSR count). The van der Waals surface area contributed by atoms with Gasteiger partial charge in [0.1, 0.15) is 11.8 Å². The Labute approximate surface area is 148 Å². The summed E-state index contributed by atoms with van der Waals surface area (Å²) in [6.45, 7) is 3.98. The molecule has 0 aliphatic heterocycles. The zero-order chi connectivity index (χ0) is 18.4. The van der Waals surface area contributed by atoms with Crippen molar-refractivity contribution in [3.63, 3.8) is 0 Å². The molecule has 6 heteroatoms. The van der Waals surface area contributed by atoms with Gasteiger partial charge in [0.15, 0.2) is 0 Å². The molecule has 0 saturated heterocycles. The quantitative estimate of drug-likeness (QED) is 0.906. The number of anilines is 1. The number of urea groups is 1. The number of benzene rings is 1. The minimum Gasteiger partial charge on any atom is -0.495 e. The van der Waals surface area contributed by atoms with Gasteiger partial charge in [0.2, 0.25) is 0 Å². The molecule has 0 aliphatic carbocycles. The molecule has 1 atom stereocenters. The molecule has 130 valence electrons. The summed E-state index contributed by atoms with van der Waals surface area (Å²) in [5.41, 5.74) is 3.01. The lowest BCUT2D eigenvalue weighted by molar-refractivity contribution is 0.207. The first-order valence-corrected chi connectivity index (χ1v) is 7.98. The van der Waals surface area contributed by atoms with E-state index < -0.39 is 0 Å². The first-order chi connectivity index (χ1) is 12.0. The van der Waals surface area contributed by atoms with Crippen molar-refractivity contribution in [3.05, 3.63) is 53.3 Å². The lowest BCUT2D eigenvalue weighted by Crippen LogP contribution is -2.39. The third-order valence-electron chi connectivity index (χ3n) is 4.16. The highest BCUT2D eigenvalue weighted by atomic mass is 16.5. The zero-order valence-electron chi connectivity index (χ0n) is 14.9. The second kappa shape index (κ2) is 8.15. The number of aromatic nitrogens is 1. The lowest BCUT2D eigenvalue weighted by Gasteiger charge is -2.25. The number of carbonyl (C=O) groups is 1. The summed E-state index contributed by atoms with van der Waals surface area (Å²) >= 11 is 0. The molecule has 1 heterocycles. The average molecular weight is 338 g/mol. The Hall–Kier alpha value is -3.07. The van der Waals surface area contributed by atoms with Crippen LogP contribution in [0.4, 0.5) is 10.5 Å². The second-order valence-corrected chi connectivity index (χ2v) is 5.89. The summed E-state index contributed by atoms with van der Waals surface area (Å²) in [7, 11) is 3.25. The van der Waals surface area contributed by atoms with Crippen molar-refractivity contribution >= 4 is 11.7 Å². The topological polar surface area (TPSA) is 78.2 Å². The number of nitrogens with one attached hydrogen (secondary N) is 1. The third kappa shape index (κ3) is 4.48. The SMILES string of the molecule is COc1ccc(NC(=O)N(C)[C@H](C)Cc2ncccc2C)cc1C#N. The maximum atomic E-state index is 12.5. The molecule has 6 nitrogen and oxygen atoms in total. The van der Waals surface area contributed by atoms with Gasteiger partial charge < -0.3 is 15.0 Å². The largest absolute Gasteiger partial charge is 0.495 e. The Morgan fingerprint density at radius 1 is 1.44 bits per heavy atom. The number of nitrogens with zero attached hydrogens (tertiary/aromatic N) is 3. The fraction of sp³-hybridized carbons (Fsp3) is 0.316. The number of amides is 2. The molecule has 0 saturated carbocycles. The van der Waals surface area contributed by atoms with Crippen LogP contribution in [0.15, 0.2) is 36.5 Å². The third-order valence-corrected chi connectivity index (χ3v) is 4.16. The number of aryl methyl sites for hydroxylation is 1. The van der Waals surface area contributed by atoms with Crippen LogP contribution in [0.25, 0.3) is 0 Å². The van der Waals surface area contributed by atoms with Crippen molar-refractivity contribution in [2.75, 3.05) is 19.5 Å². The van der Waals surface area contributed by atoms with Gasteiger partial charge in [-0.15, -0.1) is 0 Å². The van der Waals surface area contributed by atoms with E-state index in [1.54, 1.807) is 36.3 Å². The number of carbonyl (C=O) groups excluding carboxylic acids is 1. The number of nitriles is 1. The molecule has 0 bridgehead atoms. The molecule has 1 aromatic carbocycles. The smallest absolute Gasteiger partial charge is 0.321 e.